The zero-order valence-corrected chi connectivity index (χ0v) is 54.2. The van der Waals surface area contributed by atoms with Gasteiger partial charge in [0, 0.05) is 71.7 Å². The Kier molecular flexibility index (Phi) is 19.9. The van der Waals surface area contributed by atoms with Crippen LogP contribution in [0.4, 0.5) is 22.7 Å². The molecule has 3 unspecified atom stereocenters. The number of benzene rings is 5. The van der Waals surface area contributed by atoms with E-state index in [9.17, 15) is 45.6 Å². The molecule has 0 aliphatic carbocycles. The maximum Gasteiger partial charge on any atom is 0.279 e. The summed E-state index contributed by atoms with van der Waals surface area (Å²) in [4.78, 5) is 85.3. The van der Waals surface area contributed by atoms with E-state index >= 15 is 0 Å². The minimum absolute atomic E-state index is 0.0309. The lowest BCUT2D eigenvalue weighted by Crippen LogP contribution is -2.47. The standard InChI is InChI=1S/C62H70N6O16S5/c1-62(2,87-86-21-17-54(88(75,76)81-5)58(71)63-19-20-66-57(70)32-53(85-7)61(66)74)18-16-56(69)65-41-23-36(22-37(24-41)35-84-52-31-45-44(30-50(52)80-4)60(73)67-42(33-64-45)25-38-12-8-10-14-46(38)67)34-83-51-27-40-28-55(89(77,78)82-6)48-26-39-13-9-11-15-47(39)68(48)59(72)43(40)29-49(51)79-3/h8-15,22-24,27,29-31,42,48,53-55,64H,16-21,25-26,28,32-35H2,1-7H3,(H,63,71)(H,65,69)/t42-,48-,53?,54?,55?/m0/s1. The molecule has 6 amide bonds. The molecule has 3 N–H and O–H groups in total. The van der Waals surface area contributed by atoms with Crippen molar-refractivity contribution < 1.29 is 72.9 Å². The number of carbonyl (C=O) groups excluding carboxylic acids is 6. The van der Waals surface area contributed by atoms with E-state index in [1.165, 1.54) is 47.6 Å². The number of fused-ring (bicyclic) bond motifs is 8. The van der Waals surface area contributed by atoms with Crippen LogP contribution in [0.1, 0.15) is 88.1 Å². The van der Waals surface area contributed by atoms with Crippen LogP contribution in [0.3, 0.4) is 0 Å². The van der Waals surface area contributed by atoms with Gasteiger partial charge in [0.25, 0.3) is 32.1 Å². The van der Waals surface area contributed by atoms with E-state index in [1.54, 1.807) is 59.7 Å². The number of likely N-dealkylation sites (tertiary alicyclic amines) is 1. The van der Waals surface area contributed by atoms with Crippen LogP contribution < -0.4 is 44.7 Å². The van der Waals surface area contributed by atoms with Gasteiger partial charge < -0.3 is 44.7 Å². The molecule has 1 fully saturated rings. The summed E-state index contributed by atoms with van der Waals surface area (Å²) in [5.74, 6) is -1.02. The molecule has 0 aromatic heterocycles. The van der Waals surface area contributed by atoms with Gasteiger partial charge in [0.1, 0.15) is 18.5 Å². The summed E-state index contributed by atoms with van der Waals surface area (Å²) in [6, 6.07) is 26.4. The van der Waals surface area contributed by atoms with Gasteiger partial charge in [-0.1, -0.05) is 58.0 Å². The van der Waals surface area contributed by atoms with Crippen LogP contribution >= 0.6 is 33.3 Å². The molecular weight excluding hydrogens is 1250 g/mol. The highest BCUT2D eigenvalue weighted by molar-refractivity contribution is 8.77. The van der Waals surface area contributed by atoms with Crippen LogP contribution in [-0.2, 0) is 80.3 Å². The van der Waals surface area contributed by atoms with Crippen molar-refractivity contribution in [1.29, 1.82) is 0 Å². The molecule has 474 valence electrons. The number of hydrogen-bond donors (Lipinski definition) is 3. The molecule has 5 aromatic carbocycles. The second-order valence-electron chi connectivity index (χ2n) is 22.6. The largest absolute Gasteiger partial charge is 0.493 e. The molecule has 5 aromatic rings. The van der Waals surface area contributed by atoms with E-state index in [-0.39, 0.29) is 110 Å². The number of methoxy groups -OCH3 is 2. The number of para-hydroxylation sites is 2. The van der Waals surface area contributed by atoms with Gasteiger partial charge in [0.15, 0.2) is 28.2 Å². The van der Waals surface area contributed by atoms with Gasteiger partial charge in [-0.3, -0.25) is 42.0 Å². The molecule has 5 aliphatic heterocycles. The Hall–Kier alpha value is -7.01. The molecule has 27 heteroatoms. The average molecular weight is 1320 g/mol. The lowest BCUT2D eigenvalue weighted by atomic mass is 9.99. The summed E-state index contributed by atoms with van der Waals surface area (Å²) in [7, 11) is -0.681. The van der Waals surface area contributed by atoms with Crippen molar-refractivity contribution in [3.8, 4) is 23.0 Å². The van der Waals surface area contributed by atoms with E-state index in [2.05, 4.69) is 16.0 Å². The van der Waals surface area contributed by atoms with E-state index < -0.39 is 52.7 Å². The van der Waals surface area contributed by atoms with E-state index in [4.69, 9.17) is 27.3 Å². The van der Waals surface area contributed by atoms with Gasteiger partial charge in [-0.2, -0.15) is 28.6 Å². The summed E-state index contributed by atoms with van der Waals surface area (Å²) in [6.07, 6.45) is 3.13. The first-order chi connectivity index (χ1) is 42.6. The number of rotatable bonds is 26. The van der Waals surface area contributed by atoms with E-state index in [1.807, 2.05) is 61.2 Å². The number of amides is 6. The monoisotopic (exact) mass is 1310 g/mol. The highest BCUT2D eigenvalue weighted by Gasteiger charge is 2.48. The first-order valence-electron chi connectivity index (χ1n) is 28.8. The molecule has 5 heterocycles. The first-order valence-corrected chi connectivity index (χ1v) is 35.3. The molecule has 0 spiro atoms. The molecule has 5 atom stereocenters. The van der Waals surface area contributed by atoms with Gasteiger partial charge in [-0.05, 0) is 129 Å². The summed E-state index contributed by atoms with van der Waals surface area (Å²) in [5.41, 5.74) is 6.75. The average Bonchev–Trinajstić information content (AvgIpc) is 1.64. The smallest absolute Gasteiger partial charge is 0.279 e. The molecule has 89 heavy (non-hydrogen) atoms. The quantitative estimate of drug-likeness (QED) is 0.0209. The van der Waals surface area contributed by atoms with E-state index in [0.717, 1.165) is 35.9 Å². The van der Waals surface area contributed by atoms with Crippen molar-refractivity contribution in [2.24, 2.45) is 0 Å². The van der Waals surface area contributed by atoms with Crippen molar-refractivity contribution in [2.45, 2.75) is 105 Å². The van der Waals surface area contributed by atoms with Crippen LogP contribution in [0.15, 0.2) is 91.0 Å². The first kappa shape index (κ1) is 65.0. The molecule has 0 bridgehead atoms. The molecule has 0 saturated carbocycles. The van der Waals surface area contributed by atoms with Crippen molar-refractivity contribution >= 4 is 112 Å². The van der Waals surface area contributed by atoms with Gasteiger partial charge in [-0.15, -0.1) is 0 Å². The Bertz CT molecular complexity index is 3830. The predicted molar refractivity (Wildman–Crippen MR) is 342 cm³/mol. The molecule has 5 aliphatic rings. The van der Waals surface area contributed by atoms with E-state index in [0.29, 0.717) is 76.6 Å². The lowest BCUT2D eigenvalue weighted by molar-refractivity contribution is -0.138. The van der Waals surface area contributed by atoms with Gasteiger partial charge in [0.2, 0.25) is 23.6 Å². The summed E-state index contributed by atoms with van der Waals surface area (Å²) < 4.78 is 87.2. The molecular formula is C62H70N6O16S5. The van der Waals surface area contributed by atoms with Crippen LogP contribution in [0.5, 0.6) is 23.0 Å². The SMILES string of the molecule is COc1cc2c(cc1OCc1cc(COc3cc4c(cc3OC)C(=O)N3c5ccccc5C[C@H]3CN4)cc(NC(=O)CCC(C)(C)SSCCC(C(=O)NCCN3C(=O)CC(SC)C3=O)S(=O)(=O)OC)c1)CC(S(=O)(=O)OC)[C@@H]1Cc3ccccc3N1C2=O. The fraction of sp³-hybridized carbons (Fsp3) is 0.419. The third-order valence-corrected chi connectivity index (χ3v) is 24.1. The number of nitrogens with one attached hydrogen (secondary N) is 3. The number of nitrogens with zero attached hydrogens (tertiary/aromatic N) is 3. The Labute approximate surface area is 529 Å². The van der Waals surface area contributed by atoms with Crippen LogP contribution in [0, 0.1) is 0 Å². The highest BCUT2D eigenvalue weighted by atomic mass is 33.1. The minimum atomic E-state index is -4.31. The van der Waals surface area contributed by atoms with Crippen LogP contribution in [-0.4, -0.2) is 150 Å². The fourth-order valence-corrected chi connectivity index (χ4v) is 17.6. The number of carbonyl (C=O) groups is 6. The normalized spacial score (nSPS) is 19.0. The number of thioether (sulfide) groups is 1. The predicted octanol–water partition coefficient (Wildman–Crippen LogP) is 7.55. The molecule has 22 nitrogen and oxygen atoms in total. The second kappa shape index (κ2) is 27.2. The van der Waals surface area contributed by atoms with Crippen molar-refractivity contribution in [1.82, 2.24) is 10.2 Å². The van der Waals surface area contributed by atoms with Gasteiger partial charge >= 0.3 is 0 Å². The lowest BCUT2D eigenvalue weighted by Gasteiger charge is -2.28. The third-order valence-electron chi connectivity index (χ3n) is 16.5. The number of hydrogen-bond acceptors (Lipinski definition) is 20. The van der Waals surface area contributed by atoms with Crippen LogP contribution in [0.2, 0.25) is 0 Å². The number of anilines is 4. The summed E-state index contributed by atoms with van der Waals surface area (Å²) >= 11 is 1.27. The maximum absolute atomic E-state index is 14.5. The maximum atomic E-state index is 14.5. The summed E-state index contributed by atoms with van der Waals surface area (Å²) in [5, 5.41) is 5.89. The summed E-state index contributed by atoms with van der Waals surface area (Å²) in [6.45, 7) is 4.05. The van der Waals surface area contributed by atoms with Gasteiger partial charge in [0.05, 0.1) is 57.0 Å². The zero-order chi connectivity index (χ0) is 63.5. The molecule has 0 radical (unpaired) electrons. The Morgan fingerprint density at radius 2 is 1.36 bits per heavy atom. The Morgan fingerprint density at radius 1 is 0.730 bits per heavy atom. The van der Waals surface area contributed by atoms with Crippen molar-refractivity contribution in [3.05, 3.63) is 130 Å². The Balaban J connectivity index is 0.844. The minimum Gasteiger partial charge on any atom is -0.493 e. The van der Waals surface area contributed by atoms with Gasteiger partial charge in [-0.25, -0.2) is 0 Å². The zero-order valence-electron chi connectivity index (χ0n) is 50.2. The van der Waals surface area contributed by atoms with Crippen molar-refractivity contribution in [2.75, 3.05) is 80.5 Å². The molecule has 1 saturated heterocycles. The highest BCUT2D eigenvalue weighted by Crippen LogP contribution is 2.45. The Morgan fingerprint density at radius 3 is 2.00 bits per heavy atom. The number of imide groups is 1. The third kappa shape index (κ3) is 14.0. The van der Waals surface area contributed by atoms with Crippen LogP contribution in [0.25, 0.3) is 0 Å². The fourth-order valence-electron chi connectivity index (χ4n) is 11.9. The number of ether oxygens (including phenoxy) is 4. The second-order valence-corrected chi connectivity index (χ2v) is 30.6. The molecule has 10 rings (SSSR count). The van der Waals surface area contributed by atoms with Crippen molar-refractivity contribution in [3.63, 3.8) is 0 Å². The topological polar surface area (TPSA) is 272 Å².